The van der Waals surface area contributed by atoms with Crippen LogP contribution in [0, 0.1) is 0 Å². The van der Waals surface area contributed by atoms with E-state index in [-0.39, 0.29) is 6.42 Å². The van der Waals surface area contributed by atoms with Gasteiger partial charge in [-0.25, -0.2) is 0 Å². The van der Waals surface area contributed by atoms with Crippen LogP contribution in [0.5, 0.6) is 0 Å². The quantitative estimate of drug-likeness (QED) is 0.753. The van der Waals surface area contributed by atoms with Crippen molar-refractivity contribution in [1.29, 1.82) is 0 Å². The van der Waals surface area contributed by atoms with E-state index in [1.807, 2.05) is 26.4 Å². The number of carbonyl (C=O) groups is 1. The Kier molecular flexibility index (Phi) is 4.30. The van der Waals surface area contributed by atoms with E-state index >= 15 is 0 Å². The Morgan fingerprint density at radius 1 is 1.67 bits per heavy atom. The van der Waals surface area contributed by atoms with E-state index in [0.717, 1.165) is 18.8 Å². The van der Waals surface area contributed by atoms with Crippen LogP contribution in [0.15, 0.2) is 12.3 Å². The number of hydrogen-bond acceptors (Lipinski definition) is 3. The van der Waals surface area contributed by atoms with Gasteiger partial charge in [0.15, 0.2) is 0 Å². The Bertz CT molecular complexity index is 322. The zero-order chi connectivity index (χ0) is 11.3. The molecule has 1 N–H and O–H groups in total. The monoisotopic (exact) mass is 211 g/mol. The Balaban J connectivity index is 2.24. The number of aliphatic carboxylic acids is 1. The minimum absolute atomic E-state index is 0.229. The van der Waals surface area contributed by atoms with Gasteiger partial charge in [-0.15, -0.1) is 0 Å². The summed E-state index contributed by atoms with van der Waals surface area (Å²) in [7, 11) is 3.85. The van der Waals surface area contributed by atoms with Crippen LogP contribution in [0.1, 0.15) is 18.5 Å². The molecule has 0 amide bonds. The van der Waals surface area contributed by atoms with Crippen molar-refractivity contribution in [3.05, 3.63) is 18.0 Å². The number of carboxylic acid groups (broad SMARTS) is 1. The van der Waals surface area contributed by atoms with Crippen molar-refractivity contribution in [2.24, 2.45) is 7.05 Å². The SMILES string of the molecule is CN(CCCC(=O)O)Cc1ccn(C)n1. The molecule has 0 aromatic carbocycles. The maximum atomic E-state index is 10.3. The summed E-state index contributed by atoms with van der Waals surface area (Å²) < 4.78 is 1.76. The Labute approximate surface area is 89.3 Å². The van der Waals surface area contributed by atoms with E-state index in [1.165, 1.54) is 0 Å². The largest absolute Gasteiger partial charge is 0.481 e. The third-order valence-corrected chi connectivity index (χ3v) is 2.13. The minimum atomic E-state index is -0.735. The molecule has 0 fully saturated rings. The molecule has 84 valence electrons. The molecule has 1 heterocycles. The van der Waals surface area contributed by atoms with Crippen LogP contribution in [-0.2, 0) is 18.4 Å². The predicted molar refractivity (Wildman–Crippen MR) is 56.4 cm³/mol. The first kappa shape index (κ1) is 11.7. The highest BCUT2D eigenvalue weighted by molar-refractivity contribution is 5.66. The fourth-order valence-corrected chi connectivity index (χ4v) is 1.40. The van der Waals surface area contributed by atoms with Crippen LogP contribution < -0.4 is 0 Å². The first-order valence-electron chi connectivity index (χ1n) is 4.97. The molecular weight excluding hydrogens is 194 g/mol. The molecule has 0 aliphatic rings. The molecule has 15 heavy (non-hydrogen) atoms. The van der Waals surface area contributed by atoms with E-state index in [2.05, 4.69) is 10.00 Å². The van der Waals surface area contributed by atoms with E-state index in [0.29, 0.717) is 6.42 Å². The first-order valence-corrected chi connectivity index (χ1v) is 4.97. The predicted octanol–water partition coefficient (Wildman–Crippen LogP) is 0.717. The Morgan fingerprint density at radius 3 is 2.93 bits per heavy atom. The van der Waals surface area contributed by atoms with Gasteiger partial charge in [0.2, 0.25) is 0 Å². The van der Waals surface area contributed by atoms with Crippen LogP contribution in [0.4, 0.5) is 0 Å². The standard InChI is InChI=1S/C10H17N3O2/c1-12(6-3-4-10(14)15)8-9-5-7-13(2)11-9/h5,7H,3-4,6,8H2,1-2H3,(H,14,15). The molecule has 0 spiro atoms. The number of aryl methyl sites for hydroxylation is 1. The molecule has 5 heteroatoms. The topological polar surface area (TPSA) is 58.4 Å². The summed E-state index contributed by atoms with van der Waals surface area (Å²) in [4.78, 5) is 12.4. The lowest BCUT2D eigenvalue weighted by Gasteiger charge is -2.13. The minimum Gasteiger partial charge on any atom is -0.481 e. The molecular formula is C10H17N3O2. The van der Waals surface area contributed by atoms with Crippen LogP contribution in [-0.4, -0.2) is 39.3 Å². The molecule has 0 atom stereocenters. The Hall–Kier alpha value is -1.36. The molecule has 0 aliphatic heterocycles. The fourth-order valence-electron chi connectivity index (χ4n) is 1.40. The van der Waals surface area contributed by atoms with Crippen molar-refractivity contribution in [2.45, 2.75) is 19.4 Å². The zero-order valence-electron chi connectivity index (χ0n) is 9.18. The summed E-state index contributed by atoms with van der Waals surface area (Å²) in [6.45, 7) is 1.54. The molecule has 1 rings (SSSR count). The number of nitrogens with zero attached hydrogens (tertiary/aromatic N) is 3. The van der Waals surface area contributed by atoms with E-state index in [1.54, 1.807) is 4.68 Å². The maximum absolute atomic E-state index is 10.3. The number of aromatic nitrogens is 2. The highest BCUT2D eigenvalue weighted by Crippen LogP contribution is 2.01. The summed E-state index contributed by atoms with van der Waals surface area (Å²) in [5, 5.41) is 12.7. The maximum Gasteiger partial charge on any atom is 0.303 e. The second-order valence-corrected chi connectivity index (χ2v) is 3.72. The van der Waals surface area contributed by atoms with Crippen molar-refractivity contribution in [3.8, 4) is 0 Å². The molecule has 5 nitrogen and oxygen atoms in total. The number of carboxylic acids is 1. The summed E-state index contributed by atoms with van der Waals surface area (Å²) >= 11 is 0. The Morgan fingerprint density at radius 2 is 2.40 bits per heavy atom. The van der Waals surface area contributed by atoms with Crippen LogP contribution in [0.25, 0.3) is 0 Å². The van der Waals surface area contributed by atoms with Gasteiger partial charge in [-0.2, -0.15) is 5.10 Å². The number of rotatable bonds is 6. The molecule has 0 bridgehead atoms. The van der Waals surface area contributed by atoms with E-state index < -0.39 is 5.97 Å². The van der Waals surface area contributed by atoms with E-state index in [4.69, 9.17) is 5.11 Å². The van der Waals surface area contributed by atoms with Gasteiger partial charge in [-0.1, -0.05) is 0 Å². The molecule has 1 aromatic rings. The van der Waals surface area contributed by atoms with Gasteiger partial charge in [0, 0.05) is 26.2 Å². The third kappa shape index (κ3) is 4.60. The van der Waals surface area contributed by atoms with Gasteiger partial charge in [0.25, 0.3) is 0 Å². The summed E-state index contributed by atoms with van der Waals surface area (Å²) in [6.07, 6.45) is 2.81. The second kappa shape index (κ2) is 5.50. The fraction of sp³-hybridized carbons (Fsp3) is 0.600. The van der Waals surface area contributed by atoms with Crippen molar-refractivity contribution in [1.82, 2.24) is 14.7 Å². The van der Waals surface area contributed by atoms with Gasteiger partial charge in [0.1, 0.15) is 0 Å². The lowest BCUT2D eigenvalue weighted by atomic mass is 10.3. The highest BCUT2D eigenvalue weighted by atomic mass is 16.4. The summed E-state index contributed by atoms with van der Waals surface area (Å²) in [5.41, 5.74) is 1.01. The average Bonchev–Trinajstić information content (AvgIpc) is 2.50. The molecule has 0 saturated carbocycles. The normalized spacial score (nSPS) is 10.9. The van der Waals surface area contributed by atoms with Crippen molar-refractivity contribution in [3.63, 3.8) is 0 Å². The van der Waals surface area contributed by atoms with Gasteiger partial charge in [0.05, 0.1) is 5.69 Å². The smallest absolute Gasteiger partial charge is 0.303 e. The van der Waals surface area contributed by atoms with Crippen molar-refractivity contribution in [2.75, 3.05) is 13.6 Å². The van der Waals surface area contributed by atoms with Gasteiger partial charge < -0.3 is 10.0 Å². The molecule has 0 aliphatic carbocycles. The first-order chi connectivity index (χ1) is 7.08. The van der Waals surface area contributed by atoms with Gasteiger partial charge >= 0.3 is 5.97 Å². The summed E-state index contributed by atoms with van der Waals surface area (Å²) in [6, 6.07) is 1.97. The molecule has 0 unspecified atom stereocenters. The molecule has 0 radical (unpaired) electrons. The van der Waals surface area contributed by atoms with Crippen molar-refractivity contribution >= 4 is 5.97 Å². The molecule has 1 aromatic heterocycles. The van der Waals surface area contributed by atoms with Crippen LogP contribution >= 0.6 is 0 Å². The highest BCUT2D eigenvalue weighted by Gasteiger charge is 2.04. The zero-order valence-corrected chi connectivity index (χ0v) is 9.18. The lowest BCUT2D eigenvalue weighted by Crippen LogP contribution is -2.20. The summed E-state index contributed by atoms with van der Waals surface area (Å²) in [5.74, 6) is -0.735. The third-order valence-electron chi connectivity index (χ3n) is 2.13. The molecule has 0 saturated heterocycles. The second-order valence-electron chi connectivity index (χ2n) is 3.72. The number of hydrogen-bond donors (Lipinski definition) is 1. The van der Waals surface area contributed by atoms with Crippen LogP contribution in [0.2, 0.25) is 0 Å². The van der Waals surface area contributed by atoms with Crippen molar-refractivity contribution < 1.29 is 9.90 Å². The lowest BCUT2D eigenvalue weighted by molar-refractivity contribution is -0.137. The van der Waals surface area contributed by atoms with Gasteiger partial charge in [-0.05, 0) is 26.1 Å². The van der Waals surface area contributed by atoms with Gasteiger partial charge in [-0.3, -0.25) is 9.48 Å². The van der Waals surface area contributed by atoms with E-state index in [9.17, 15) is 4.79 Å². The van der Waals surface area contributed by atoms with Crippen LogP contribution in [0.3, 0.4) is 0 Å². The average molecular weight is 211 g/mol.